The first-order chi connectivity index (χ1) is 7.33. The van der Waals surface area contributed by atoms with Gasteiger partial charge in [0, 0.05) is 13.2 Å². The maximum atomic E-state index is 4.27. The van der Waals surface area contributed by atoms with Gasteiger partial charge < -0.3 is 5.32 Å². The lowest BCUT2D eigenvalue weighted by Gasteiger charge is -2.18. The maximum absolute atomic E-state index is 4.27. The Balaban J connectivity index is 1.81. The fourth-order valence-electron chi connectivity index (χ4n) is 3.60. The topological polar surface area (TPSA) is 29.9 Å². The summed E-state index contributed by atoms with van der Waals surface area (Å²) in [5.74, 6) is 2.87. The van der Waals surface area contributed by atoms with Crippen LogP contribution in [0.1, 0.15) is 31.0 Å². The molecule has 0 aromatic carbocycles. The van der Waals surface area contributed by atoms with Crippen LogP contribution in [0.15, 0.2) is 12.3 Å². The summed E-state index contributed by atoms with van der Waals surface area (Å²) in [6.07, 6.45) is 6.25. The van der Waals surface area contributed by atoms with Crippen molar-refractivity contribution in [3.8, 4) is 0 Å². The van der Waals surface area contributed by atoms with E-state index in [4.69, 9.17) is 0 Å². The van der Waals surface area contributed by atoms with Crippen LogP contribution in [0.25, 0.3) is 0 Å². The van der Waals surface area contributed by atoms with E-state index in [2.05, 4.69) is 23.5 Å². The number of hydrogen-bond acceptors (Lipinski definition) is 2. The fraction of sp³-hybridized carbons (Fsp3) is 0.750. The Labute approximate surface area is 90.9 Å². The van der Waals surface area contributed by atoms with E-state index in [-0.39, 0.29) is 0 Å². The molecule has 2 aliphatic rings. The van der Waals surface area contributed by atoms with Crippen molar-refractivity contribution in [1.29, 1.82) is 0 Å². The number of nitrogens with one attached hydrogen (secondary N) is 1. The smallest absolute Gasteiger partial charge is 0.0553 e. The van der Waals surface area contributed by atoms with E-state index in [0.29, 0.717) is 6.04 Å². The highest BCUT2D eigenvalue weighted by molar-refractivity contribution is 5.16. The van der Waals surface area contributed by atoms with E-state index in [9.17, 15) is 0 Å². The molecule has 1 aromatic rings. The normalized spacial score (nSPS) is 35.2. The van der Waals surface area contributed by atoms with Gasteiger partial charge in [-0.3, -0.25) is 4.68 Å². The molecule has 3 nitrogen and oxygen atoms in total. The predicted molar refractivity (Wildman–Crippen MR) is 59.3 cm³/mol. The van der Waals surface area contributed by atoms with Crippen LogP contribution in [-0.4, -0.2) is 16.8 Å². The predicted octanol–water partition coefficient (Wildman–Crippen LogP) is 1.73. The van der Waals surface area contributed by atoms with E-state index >= 15 is 0 Å². The molecule has 0 saturated heterocycles. The average Bonchev–Trinajstić information content (AvgIpc) is 2.66. The van der Waals surface area contributed by atoms with Crippen LogP contribution >= 0.6 is 0 Å². The van der Waals surface area contributed by atoms with Gasteiger partial charge in [0.05, 0.1) is 11.7 Å². The molecule has 82 valence electrons. The molecular weight excluding hydrogens is 186 g/mol. The maximum Gasteiger partial charge on any atom is 0.0553 e. The van der Waals surface area contributed by atoms with Crippen molar-refractivity contribution < 1.29 is 0 Å². The fourth-order valence-corrected chi connectivity index (χ4v) is 3.60. The first kappa shape index (κ1) is 9.40. The lowest BCUT2D eigenvalue weighted by atomic mass is 10.0. The molecule has 0 bridgehead atoms. The van der Waals surface area contributed by atoms with E-state index in [1.165, 1.54) is 25.0 Å². The molecule has 3 heteroatoms. The summed E-state index contributed by atoms with van der Waals surface area (Å²) in [7, 11) is 4.11. The Morgan fingerprint density at radius 1 is 1.47 bits per heavy atom. The minimum Gasteiger partial charge on any atom is -0.311 e. The standard InChI is InChI=1S/C12H19N3/c1-13-12(10-6-7-14-15(10)2)11-8-4-3-5-9(8)11/h6-9,11-13H,3-5H2,1-2H3. The number of aromatic nitrogens is 2. The molecule has 2 fully saturated rings. The molecule has 3 atom stereocenters. The molecule has 0 aliphatic heterocycles. The van der Waals surface area contributed by atoms with Crippen molar-refractivity contribution in [3.63, 3.8) is 0 Å². The van der Waals surface area contributed by atoms with E-state index < -0.39 is 0 Å². The molecule has 1 aromatic heterocycles. The van der Waals surface area contributed by atoms with Gasteiger partial charge in [-0.25, -0.2) is 0 Å². The highest BCUT2D eigenvalue weighted by Gasteiger charge is 2.56. The summed E-state index contributed by atoms with van der Waals surface area (Å²) in [4.78, 5) is 0. The van der Waals surface area contributed by atoms with Crippen molar-refractivity contribution in [2.24, 2.45) is 24.8 Å². The van der Waals surface area contributed by atoms with Crippen molar-refractivity contribution in [1.82, 2.24) is 15.1 Å². The number of fused-ring (bicyclic) bond motifs is 1. The summed E-state index contributed by atoms with van der Waals surface area (Å²) < 4.78 is 2.01. The Morgan fingerprint density at radius 2 is 2.20 bits per heavy atom. The number of aryl methyl sites for hydroxylation is 1. The van der Waals surface area contributed by atoms with Gasteiger partial charge >= 0.3 is 0 Å². The molecule has 0 spiro atoms. The monoisotopic (exact) mass is 205 g/mol. The summed E-state index contributed by atoms with van der Waals surface area (Å²) in [6.45, 7) is 0. The molecule has 3 rings (SSSR count). The SMILES string of the molecule is CNC(c1ccnn1C)C1C2CCCC21. The van der Waals surface area contributed by atoms with Crippen LogP contribution in [0.3, 0.4) is 0 Å². The van der Waals surface area contributed by atoms with Gasteiger partial charge in [0.15, 0.2) is 0 Å². The molecular formula is C12H19N3. The van der Waals surface area contributed by atoms with Gasteiger partial charge in [-0.1, -0.05) is 6.42 Å². The van der Waals surface area contributed by atoms with Gasteiger partial charge in [-0.05, 0) is 43.7 Å². The van der Waals surface area contributed by atoms with Gasteiger partial charge in [-0.15, -0.1) is 0 Å². The summed E-state index contributed by atoms with van der Waals surface area (Å²) in [5.41, 5.74) is 1.34. The second-order valence-corrected chi connectivity index (χ2v) is 4.98. The zero-order valence-electron chi connectivity index (χ0n) is 9.48. The summed E-state index contributed by atoms with van der Waals surface area (Å²) in [6, 6.07) is 2.67. The first-order valence-corrected chi connectivity index (χ1v) is 5.98. The van der Waals surface area contributed by atoms with E-state index in [0.717, 1.165) is 17.8 Å². The van der Waals surface area contributed by atoms with Gasteiger partial charge in [0.25, 0.3) is 0 Å². The number of rotatable bonds is 3. The van der Waals surface area contributed by atoms with Gasteiger partial charge in [0.2, 0.25) is 0 Å². The van der Waals surface area contributed by atoms with Crippen molar-refractivity contribution in [3.05, 3.63) is 18.0 Å². The van der Waals surface area contributed by atoms with Crippen molar-refractivity contribution in [2.75, 3.05) is 7.05 Å². The Bertz CT molecular complexity index is 348. The molecule has 15 heavy (non-hydrogen) atoms. The Hall–Kier alpha value is -0.830. The van der Waals surface area contributed by atoms with Gasteiger partial charge in [-0.2, -0.15) is 5.10 Å². The van der Waals surface area contributed by atoms with E-state index in [1.807, 2.05) is 17.9 Å². The third-order valence-electron chi connectivity index (χ3n) is 4.35. The molecule has 1 heterocycles. The molecule has 2 saturated carbocycles. The highest BCUT2D eigenvalue weighted by atomic mass is 15.3. The third kappa shape index (κ3) is 1.33. The van der Waals surface area contributed by atoms with Gasteiger partial charge in [0.1, 0.15) is 0 Å². The molecule has 1 N–H and O–H groups in total. The second-order valence-electron chi connectivity index (χ2n) is 4.98. The summed E-state index contributed by atoms with van der Waals surface area (Å²) >= 11 is 0. The number of hydrogen-bond donors (Lipinski definition) is 1. The molecule has 0 radical (unpaired) electrons. The lowest BCUT2D eigenvalue weighted by molar-refractivity contribution is 0.421. The second kappa shape index (κ2) is 3.34. The Morgan fingerprint density at radius 3 is 2.73 bits per heavy atom. The van der Waals surface area contributed by atoms with Crippen LogP contribution in [0.4, 0.5) is 0 Å². The molecule has 3 unspecified atom stereocenters. The van der Waals surface area contributed by atoms with Crippen LogP contribution in [0, 0.1) is 17.8 Å². The molecule has 2 aliphatic carbocycles. The molecule has 0 amide bonds. The zero-order valence-corrected chi connectivity index (χ0v) is 9.48. The first-order valence-electron chi connectivity index (χ1n) is 5.98. The quantitative estimate of drug-likeness (QED) is 0.814. The Kier molecular flexibility index (Phi) is 2.09. The van der Waals surface area contributed by atoms with Crippen LogP contribution in [0.5, 0.6) is 0 Å². The van der Waals surface area contributed by atoms with Crippen LogP contribution in [-0.2, 0) is 7.05 Å². The van der Waals surface area contributed by atoms with Crippen molar-refractivity contribution >= 4 is 0 Å². The number of nitrogens with zero attached hydrogens (tertiary/aromatic N) is 2. The largest absolute Gasteiger partial charge is 0.311 e. The summed E-state index contributed by atoms with van der Waals surface area (Å²) in [5, 5.41) is 7.74. The minimum atomic E-state index is 0.521. The average molecular weight is 205 g/mol. The lowest BCUT2D eigenvalue weighted by Crippen LogP contribution is -2.23. The zero-order chi connectivity index (χ0) is 10.4. The minimum absolute atomic E-state index is 0.521. The highest BCUT2D eigenvalue weighted by Crippen LogP contribution is 2.61. The van der Waals surface area contributed by atoms with Crippen LogP contribution < -0.4 is 5.32 Å². The van der Waals surface area contributed by atoms with Crippen LogP contribution in [0.2, 0.25) is 0 Å². The van der Waals surface area contributed by atoms with E-state index in [1.54, 1.807) is 0 Å². The third-order valence-corrected chi connectivity index (χ3v) is 4.35. The van der Waals surface area contributed by atoms with Crippen molar-refractivity contribution in [2.45, 2.75) is 25.3 Å².